The molecule has 10 heteroatoms. The molecule has 0 bridgehead atoms. The first kappa shape index (κ1) is 28.4. The topological polar surface area (TPSA) is 102 Å². The molecule has 43 heavy (non-hydrogen) atoms. The van der Waals surface area contributed by atoms with Crippen LogP contribution in [0.25, 0.3) is 10.9 Å². The lowest BCUT2D eigenvalue weighted by Gasteiger charge is -2.31. The van der Waals surface area contributed by atoms with Gasteiger partial charge in [0.25, 0.3) is 5.56 Å². The largest absolute Gasteiger partial charge is 0.497 e. The maximum atomic E-state index is 13.9. The van der Waals surface area contributed by atoms with Crippen molar-refractivity contribution >= 4 is 22.5 Å². The molecule has 3 aromatic heterocycles. The Kier molecular flexibility index (Phi) is 8.35. The fourth-order valence-electron chi connectivity index (χ4n) is 5.31. The van der Waals surface area contributed by atoms with Crippen LogP contribution in [-0.4, -0.2) is 37.2 Å². The number of aromatic amines is 1. The summed E-state index contributed by atoms with van der Waals surface area (Å²) in [6.07, 6.45) is 2.49. The van der Waals surface area contributed by atoms with E-state index in [9.17, 15) is 4.79 Å². The van der Waals surface area contributed by atoms with E-state index in [-0.39, 0.29) is 5.56 Å². The number of halogens is 1. The maximum absolute atomic E-state index is 13.9. The highest BCUT2D eigenvalue weighted by Crippen LogP contribution is 2.32. The number of tetrazole rings is 1. The summed E-state index contributed by atoms with van der Waals surface area (Å²) in [6, 6.07) is 26.7. The van der Waals surface area contributed by atoms with Crippen molar-refractivity contribution in [1.29, 1.82) is 0 Å². The van der Waals surface area contributed by atoms with E-state index >= 15 is 0 Å². The molecule has 9 nitrogen and oxygen atoms in total. The van der Waals surface area contributed by atoms with Crippen LogP contribution in [0.4, 0.5) is 0 Å². The molecular weight excluding hydrogens is 564 g/mol. The lowest BCUT2D eigenvalue weighted by atomic mass is 10.00. The highest BCUT2D eigenvalue weighted by molar-refractivity contribution is 6.31. The average Bonchev–Trinajstić information content (AvgIpc) is 3.71. The minimum atomic E-state index is -0.637. The van der Waals surface area contributed by atoms with Crippen molar-refractivity contribution < 1.29 is 9.15 Å². The number of methoxy groups -OCH3 is 1. The molecule has 0 aliphatic heterocycles. The zero-order valence-electron chi connectivity index (χ0n) is 23.9. The van der Waals surface area contributed by atoms with E-state index in [1.54, 1.807) is 18.1 Å². The van der Waals surface area contributed by atoms with Crippen molar-refractivity contribution in [2.24, 2.45) is 0 Å². The summed E-state index contributed by atoms with van der Waals surface area (Å²) in [5.74, 6) is 1.96. The Labute approximate surface area is 253 Å². The van der Waals surface area contributed by atoms with Gasteiger partial charge in [0, 0.05) is 29.2 Å². The lowest BCUT2D eigenvalue weighted by molar-refractivity contribution is 0.193. The van der Waals surface area contributed by atoms with Crippen molar-refractivity contribution in [3.63, 3.8) is 0 Å². The van der Waals surface area contributed by atoms with Crippen LogP contribution in [0.15, 0.2) is 100 Å². The summed E-state index contributed by atoms with van der Waals surface area (Å²) in [5, 5.41) is 14.4. The van der Waals surface area contributed by atoms with Crippen molar-refractivity contribution in [2.75, 3.05) is 7.11 Å². The van der Waals surface area contributed by atoms with Gasteiger partial charge in [0.15, 0.2) is 5.82 Å². The monoisotopic (exact) mass is 594 g/mol. The zero-order valence-corrected chi connectivity index (χ0v) is 24.7. The molecule has 0 saturated heterocycles. The smallest absolute Gasteiger partial charge is 0.253 e. The average molecular weight is 595 g/mol. The molecule has 0 radical (unpaired) electrons. The lowest BCUT2D eigenvalue weighted by Crippen LogP contribution is -2.35. The summed E-state index contributed by atoms with van der Waals surface area (Å²) < 4.78 is 12.7. The standard InChI is InChI=1S/C33H31ClN6O3/c1-3-22-12-15-30-25(17-22)18-28(33(41)35-30)31(32-36-37-38-40(32)21-27-8-6-16-43-27)39(20-24-7-4-5-9-29(24)34)19-23-10-13-26(42-2)14-11-23/h4-18,31H,3,19-21H2,1-2H3,(H,35,41)/t31-/m0/s1. The first-order chi connectivity index (χ1) is 21.0. The van der Waals surface area contributed by atoms with Gasteiger partial charge in [0.2, 0.25) is 0 Å². The number of nitrogens with zero attached hydrogens (tertiary/aromatic N) is 5. The minimum absolute atomic E-state index is 0.215. The molecule has 218 valence electrons. The Hall–Kier alpha value is -4.73. The Morgan fingerprint density at radius 2 is 1.81 bits per heavy atom. The quantitative estimate of drug-likeness (QED) is 0.191. The molecule has 0 fully saturated rings. The molecule has 3 heterocycles. The van der Waals surface area contributed by atoms with Gasteiger partial charge in [-0.3, -0.25) is 9.69 Å². The van der Waals surface area contributed by atoms with Gasteiger partial charge in [-0.05, 0) is 87.5 Å². The Bertz CT molecular complexity index is 1880. The SMILES string of the molecule is CCc1ccc2[nH]c(=O)c([C@@H](c3nnnn3Cc3ccco3)N(Cc3ccc(OC)cc3)Cc3ccccc3Cl)cc2c1. The number of hydrogen-bond donors (Lipinski definition) is 1. The van der Waals surface area contributed by atoms with Crippen LogP contribution in [0.3, 0.4) is 0 Å². The van der Waals surface area contributed by atoms with Crippen LogP contribution >= 0.6 is 11.6 Å². The third-order valence-electron chi connectivity index (χ3n) is 7.57. The second kappa shape index (κ2) is 12.6. The predicted octanol–water partition coefficient (Wildman–Crippen LogP) is 6.17. The van der Waals surface area contributed by atoms with Crippen molar-refractivity contribution in [3.05, 3.63) is 140 Å². The number of rotatable bonds is 11. The summed E-state index contributed by atoms with van der Waals surface area (Å²) >= 11 is 6.69. The summed E-state index contributed by atoms with van der Waals surface area (Å²) in [5.41, 5.74) is 4.19. The molecule has 6 rings (SSSR count). The zero-order chi connectivity index (χ0) is 29.8. The van der Waals surface area contributed by atoms with Crippen LogP contribution in [-0.2, 0) is 26.1 Å². The molecule has 1 N–H and O–H groups in total. The van der Waals surface area contributed by atoms with Gasteiger partial charge in [0.05, 0.1) is 13.4 Å². The van der Waals surface area contributed by atoms with Gasteiger partial charge in [-0.25, -0.2) is 4.68 Å². The van der Waals surface area contributed by atoms with Crippen molar-refractivity contribution in [1.82, 2.24) is 30.1 Å². The molecule has 3 aromatic carbocycles. The van der Waals surface area contributed by atoms with Gasteiger partial charge < -0.3 is 14.1 Å². The van der Waals surface area contributed by atoms with E-state index < -0.39 is 6.04 Å². The number of hydrogen-bond acceptors (Lipinski definition) is 7. The van der Waals surface area contributed by atoms with Crippen molar-refractivity contribution in [3.8, 4) is 5.75 Å². The number of aromatic nitrogens is 5. The predicted molar refractivity (Wildman–Crippen MR) is 165 cm³/mol. The van der Waals surface area contributed by atoms with E-state index in [0.717, 1.165) is 34.2 Å². The van der Waals surface area contributed by atoms with Gasteiger partial charge in [0.1, 0.15) is 24.1 Å². The second-order valence-electron chi connectivity index (χ2n) is 10.4. The minimum Gasteiger partial charge on any atom is -0.497 e. The number of nitrogens with one attached hydrogen (secondary N) is 1. The van der Waals surface area contributed by atoms with Gasteiger partial charge >= 0.3 is 0 Å². The van der Waals surface area contributed by atoms with E-state index in [4.69, 9.17) is 20.8 Å². The highest BCUT2D eigenvalue weighted by Gasteiger charge is 2.31. The number of H-pyrrole nitrogens is 1. The Morgan fingerprint density at radius 3 is 2.56 bits per heavy atom. The number of furan rings is 1. The first-order valence-electron chi connectivity index (χ1n) is 14.1. The molecule has 0 saturated carbocycles. The number of pyridine rings is 1. The third kappa shape index (κ3) is 6.23. The first-order valence-corrected chi connectivity index (χ1v) is 14.4. The van der Waals surface area contributed by atoms with Gasteiger partial charge in [-0.1, -0.05) is 54.9 Å². The molecule has 0 aliphatic rings. The van der Waals surface area contributed by atoms with Crippen LogP contribution in [0, 0.1) is 0 Å². The van der Waals surface area contributed by atoms with E-state index in [2.05, 4.69) is 38.4 Å². The Morgan fingerprint density at radius 1 is 1.00 bits per heavy atom. The van der Waals surface area contributed by atoms with Crippen LogP contribution in [0.2, 0.25) is 5.02 Å². The summed E-state index contributed by atoms with van der Waals surface area (Å²) in [6.45, 7) is 3.32. The van der Waals surface area contributed by atoms with E-state index in [1.807, 2.05) is 78.9 Å². The number of fused-ring (bicyclic) bond motifs is 1. The summed E-state index contributed by atoms with van der Waals surface area (Å²) in [4.78, 5) is 19.2. The van der Waals surface area contributed by atoms with Crippen LogP contribution in [0.1, 0.15) is 46.8 Å². The maximum Gasteiger partial charge on any atom is 0.253 e. The van der Waals surface area contributed by atoms with Crippen LogP contribution < -0.4 is 10.3 Å². The Balaban J connectivity index is 1.54. The molecule has 0 spiro atoms. The molecule has 0 amide bonds. The number of aryl methyl sites for hydroxylation is 1. The fourth-order valence-corrected chi connectivity index (χ4v) is 5.51. The normalized spacial score (nSPS) is 12.2. The highest BCUT2D eigenvalue weighted by atomic mass is 35.5. The third-order valence-corrected chi connectivity index (χ3v) is 7.94. The molecule has 1 atom stereocenters. The molecule has 0 unspecified atom stereocenters. The van der Waals surface area contributed by atoms with E-state index in [0.29, 0.717) is 41.8 Å². The molecular formula is C33H31ClN6O3. The number of ether oxygens (including phenoxy) is 1. The summed E-state index contributed by atoms with van der Waals surface area (Å²) in [7, 11) is 1.64. The second-order valence-corrected chi connectivity index (χ2v) is 10.8. The van der Waals surface area contributed by atoms with E-state index in [1.165, 1.54) is 5.56 Å². The van der Waals surface area contributed by atoms with Gasteiger partial charge in [-0.15, -0.1) is 5.10 Å². The van der Waals surface area contributed by atoms with Crippen molar-refractivity contribution in [2.45, 2.75) is 39.0 Å². The molecule has 6 aromatic rings. The molecule has 0 aliphatic carbocycles. The number of benzene rings is 3. The van der Waals surface area contributed by atoms with Gasteiger partial charge in [-0.2, -0.15) is 0 Å². The van der Waals surface area contributed by atoms with Crippen LogP contribution in [0.5, 0.6) is 5.75 Å². The fraction of sp³-hybridized carbons (Fsp3) is 0.212.